The average Bonchev–Trinajstić information content (AvgIpc) is 3.48. The molecule has 1 aromatic carbocycles. The lowest BCUT2D eigenvalue weighted by atomic mass is 9.84. The zero-order chi connectivity index (χ0) is 27.1. The molecule has 1 fully saturated rings. The van der Waals surface area contributed by atoms with Crippen LogP contribution in [0.1, 0.15) is 44.6 Å². The molecule has 0 bridgehead atoms. The lowest BCUT2D eigenvalue weighted by Gasteiger charge is -2.30. The van der Waals surface area contributed by atoms with E-state index in [9.17, 15) is 19.5 Å². The Bertz CT molecular complexity index is 972. The molecule has 0 spiro atoms. The molecule has 0 aromatic heterocycles. The third-order valence-corrected chi connectivity index (χ3v) is 7.31. The molecule has 2 aliphatic heterocycles. The largest absolute Gasteiger partial charge is 0.493 e. The molecule has 37 heavy (non-hydrogen) atoms. The van der Waals surface area contributed by atoms with E-state index >= 15 is 0 Å². The van der Waals surface area contributed by atoms with Gasteiger partial charge in [-0.1, -0.05) is 13.3 Å². The van der Waals surface area contributed by atoms with Crippen molar-refractivity contribution in [2.75, 3.05) is 60.2 Å². The zero-order valence-electron chi connectivity index (χ0n) is 22.3. The monoisotopic (exact) mass is 520 g/mol. The molecule has 2 aliphatic rings. The van der Waals surface area contributed by atoms with Gasteiger partial charge in [0.2, 0.25) is 24.4 Å². The number of carboxylic acid groups (broad SMARTS) is 1. The first-order valence-electron chi connectivity index (χ1n) is 12.9. The van der Waals surface area contributed by atoms with Gasteiger partial charge < -0.3 is 34.9 Å². The van der Waals surface area contributed by atoms with Crippen molar-refractivity contribution < 1.29 is 33.7 Å². The minimum absolute atomic E-state index is 0.0670. The summed E-state index contributed by atoms with van der Waals surface area (Å²) in [6.45, 7) is 5.87. The molecule has 0 saturated carbocycles. The highest BCUT2D eigenvalue weighted by Crippen LogP contribution is 2.47. The first-order valence-corrected chi connectivity index (χ1v) is 12.9. The maximum Gasteiger partial charge on any atom is 0.308 e. The standard InChI is InChI=1S/C26H40N4O7/c1-5-6-9-29(11-8-27)23(32)15-30-14-19(18-12-21(35-4)25-22(13-18)36-16-37-25)24(26(33)34)20(30)7-10-28(3)17(2)31/h12-13,19-20,24H,5-11,14-16,27H2,1-4H3,(H,33,34)/t19-,20+,24-/m1/s1. The molecule has 2 amide bonds. The molecule has 3 rings (SSSR count). The van der Waals surface area contributed by atoms with Gasteiger partial charge in [-0.15, -0.1) is 0 Å². The molecule has 11 nitrogen and oxygen atoms in total. The summed E-state index contributed by atoms with van der Waals surface area (Å²) in [6.07, 6.45) is 2.24. The summed E-state index contributed by atoms with van der Waals surface area (Å²) in [5, 5.41) is 10.4. The maximum absolute atomic E-state index is 13.3. The normalized spacial score (nSPS) is 20.6. The highest BCUT2D eigenvalue weighted by molar-refractivity contribution is 5.79. The first-order chi connectivity index (χ1) is 17.7. The van der Waals surface area contributed by atoms with Gasteiger partial charge in [-0.2, -0.15) is 0 Å². The molecular weight excluding hydrogens is 480 g/mol. The van der Waals surface area contributed by atoms with E-state index in [0.717, 1.165) is 18.4 Å². The van der Waals surface area contributed by atoms with Crippen LogP contribution in [0.4, 0.5) is 0 Å². The Balaban J connectivity index is 1.93. The number of likely N-dealkylation sites (tertiary alicyclic amines) is 1. The number of aliphatic carboxylic acids is 1. The number of methoxy groups -OCH3 is 1. The Labute approximate surface area is 218 Å². The molecule has 3 atom stereocenters. The van der Waals surface area contributed by atoms with Crippen LogP contribution >= 0.6 is 0 Å². The number of unbranched alkanes of at least 4 members (excludes halogenated alkanes) is 1. The van der Waals surface area contributed by atoms with Crippen molar-refractivity contribution in [2.24, 2.45) is 11.7 Å². The van der Waals surface area contributed by atoms with Gasteiger partial charge in [0, 0.05) is 58.7 Å². The summed E-state index contributed by atoms with van der Waals surface area (Å²) in [5.41, 5.74) is 6.51. The van der Waals surface area contributed by atoms with E-state index in [1.54, 1.807) is 29.0 Å². The van der Waals surface area contributed by atoms with E-state index in [2.05, 4.69) is 6.92 Å². The van der Waals surface area contributed by atoms with Crippen LogP contribution in [-0.4, -0.2) is 104 Å². The van der Waals surface area contributed by atoms with Gasteiger partial charge in [-0.3, -0.25) is 19.3 Å². The lowest BCUT2D eigenvalue weighted by molar-refractivity contribution is -0.144. The van der Waals surface area contributed by atoms with Crippen LogP contribution in [0.15, 0.2) is 12.1 Å². The summed E-state index contributed by atoms with van der Waals surface area (Å²) in [7, 11) is 3.22. The smallest absolute Gasteiger partial charge is 0.308 e. The Morgan fingerprint density at radius 2 is 1.97 bits per heavy atom. The second kappa shape index (κ2) is 13.0. The van der Waals surface area contributed by atoms with E-state index in [4.69, 9.17) is 19.9 Å². The van der Waals surface area contributed by atoms with Gasteiger partial charge in [0.1, 0.15) is 0 Å². The van der Waals surface area contributed by atoms with Crippen molar-refractivity contribution in [3.63, 3.8) is 0 Å². The quantitative estimate of drug-likeness (QED) is 0.395. The second-order valence-corrected chi connectivity index (χ2v) is 9.68. The number of hydrogen-bond donors (Lipinski definition) is 2. The fraction of sp³-hybridized carbons (Fsp3) is 0.654. The molecular formula is C26H40N4O7. The third-order valence-electron chi connectivity index (χ3n) is 7.31. The SMILES string of the molecule is CCCCN(CCN)C(=O)CN1C[C@H](c2cc(OC)c3c(c2)OCO3)[C@@H](C(=O)O)[C@@H]1CCN(C)C(C)=O. The number of rotatable bonds is 13. The van der Waals surface area contributed by atoms with Gasteiger partial charge >= 0.3 is 5.97 Å². The van der Waals surface area contributed by atoms with Crippen molar-refractivity contribution in [1.82, 2.24) is 14.7 Å². The van der Waals surface area contributed by atoms with Gasteiger partial charge in [0.05, 0.1) is 19.6 Å². The summed E-state index contributed by atoms with van der Waals surface area (Å²) in [5.74, 6) is -0.848. The van der Waals surface area contributed by atoms with Crippen LogP contribution in [0, 0.1) is 5.92 Å². The van der Waals surface area contributed by atoms with Gasteiger partial charge in [-0.05, 0) is 30.5 Å². The average molecular weight is 521 g/mol. The zero-order valence-corrected chi connectivity index (χ0v) is 22.3. The number of carbonyl (C=O) groups excluding carboxylic acids is 2. The minimum Gasteiger partial charge on any atom is -0.493 e. The minimum atomic E-state index is -0.947. The van der Waals surface area contributed by atoms with Gasteiger partial charge in [0.25, 0.3) is 0 Å². The van der Waals surface area contributed by atoms with Gasteiger partial charge in [0.15, 0.2) is 11.5 Å². The number of amides is 2. The van der Waals surface area contributed by atoms with Crippen molar-refractivity contribution in [2.45, 2.75) is 45.1 Å². The molecule has 1 aromatic rings. The van der Waals surface area contributed by atoms with Crippen molar-refractivity contribution >= 4 is 17.8 Å². The van der Waals surface area contributed by atoms with Crippen molar-refractivity contribution in [3.05, 3.63) is 17.7 Å². The molecule has 0 radical (unpaired) electrons. The summed E-state index contributed by atoms with van der Waals surface area (Å²) in [6, 6.07) is 3.15. The Hall–Kier alpha value is -3.05. The van der Waals surface area contributed by atoms with Crippen LogP contribution in [0.3, 0.4) is 0 Å². The fourth-order valence-corrected chi connectivity index (χ4v) is 5.18. The number of benzene rings is 1. The Morgan fingerprint density at radius 1 is 1.22 bits per heavy atom. The third kappa shape index (κ3) is 6.64. The van der Waals surface area contributed by atoms with Gasteiger partial charge in [-0.25, -0.2) is 0 Å². The Morgan fingerprint density at radius 3 is 2.59 bits per heavy atom. The maximum atomic E-state index is 13.3. The number of nitrogens with zero attached hydrogens (tertiary/aromatic N) is 3. The highest BCUT2D eigenvalue weighted by atomic mass is 16.7. The molecule has 2 heterocycles. The van der Waals surface area contributed by atoms with Crippen LogP contribution in [0.25, 0.3) is 0 Å². The highest BCUT2D eigenvalue weighted by Gasteiger charge is 2.47. The number of fused-ring (bicyclic) bond motifs is 1. The van der Waals surface area contributed by atoms with Crippen molar-refractivity contribution in [1.29, 1.82) is 0 Å². The molecule has 206 valence electrons. The molecule has 11 heteroatoms. The molecule has 1 saturated heterocycles. The van der Waals surface area contributed by atoms with Crippen LogP contribution in [0.5, 0.6) is 17.2 Å². The van der Waals surface area contributed by atoms with Crippen LogP contribution < -0.4 is 19.9 Å². The Kier molecular flexibility index (Phi) is 9.99. The number of nitrogens with two attached hydrogens (primary N) is 1. The predicted molar refractivity (Wildman–Crippen MR) is 137 cm³/mol. The predicted octanol–water partition coefficient (Wildman–Crippen LogP) is 1.35. The second-order valence-electron chi connectivity index (χ2n) is 9.68. The van der Waals surface area contributed by atoms with E-state index in [0.29, 0.717) is 56.4 Å². The number of ether oxygens (including phenoxy) is 3. The topological polar surface area (TPSA) is 135 Å². The van der Waals surface area contributed by atoms with E-state index in [-0.39, 0.29) is 25.2 Å². The first kappa shape index (κ1) is 28.5. The van der Waals surface area contributed by atoms with Crippen LogP contribution in [0.2, 0.25) is 0 Å². The number of hydrogen-bond acceptors (Lipinski definition) is 8. The lowest BCUT2D eigenvalue weighted by Crippen LogP contribution is -2.46. The molecule has 0 unspecified atom stereocenters. The van der Waals surface area contributed by atoms with Crippen LogP contribution in [-0.2, 0) is 14.4 Å². The molecule has 3 N–H and O–H groups in total. The van der Waals surface area contributed by atoms with Crippen molar-refractivity contribution in [3.8, 4) is 17.2 Å². The fourth-order valence-electron chi connectivity index (χ4n) is 5.18. The van der Waals surface area contributed by atoms with E-state index < -0.39 is 23.8 Å². The number of carbonyl (C=O) groups is 3. The molecule has 0 aliphatic carbocycles. The summed E-state index contributed by atoms with van der Waals surface area (Å²) < 4.78 is 16.6. The van der Waals surface area contributed by atoms with E-state index in [1.165, 1.54) is 14.0 Å². The van der Waals surface area contributed by atoms with E-state index in [1.807, 2.05) is 4.90 Å². The summed E-state index contributed by atoms with van der Waals surface area (Å²) >= 11 is 0. The summed E-state index contributed by atoms with van der Waals surface area (Å²) in [4.78, 5) is 43.1. The number of carboxylic acids is 1.